The normalized spacial score (nSPS) is 23.1. The van der Waals surface area contributed by atoms with Gasteiger partial charge in [-0.3, -0.25) is 9.69 Å². The summed E-state index contributed by atoms with van der Waals surface area (Å²) in [5.74, 6) is 0.888. The zero-order valence-electron chi connectivity index (χ0n) is 15.5. The lowest BCUT2D eigenvalue weighted by molar-refractivity contribution is -0.138. The van der Waals surface area contributed by atoms with E-state index in [1.54, 1.807) is 0 Å². The lowest BCUT2D eigenvalue weighted by Crippen LogP contribution is -2.50. The number of imidazole rings is 1. The number of nitrogens with zero attached hydrogens (tertiary/aromatic N) is 4. The molecule has 8 heteroatoms. The minimum absolute atomic E-state index is 0. The SMILES string of the molecule is Cl.Cl.NC[C@H]1CCC[C@H]1C(=O)N1CCN(Cc2cn3ccccc3n2)CC1. The molecule has 1 aliphatic heterocycles. The van der Waals surface area contributed by atoms with Crippen molar-refractivity contribution in [1.29, 1.82) is 0 Å². The highest BCUT2D eigenvalue weighted by atomic mass is 35.5. The molecule has 0 radical (unpaired) electrons. The van der Waals surface area contributed by atoms with E-state index in [9.17, 15) is 4.79 Å². The summed E-state index contributed by atoms with van der Waals surface area (Å²) in [5.41, 5.74) is 7.92. The van der Waals surface area contributed by atoms with Crippen LogP contribution < -0.4 is 5.73 Å². The third kappa shape index (κ3) is 4.74. The molecule has 1 saturated carbocycles. The quantitative estimate of drug-likeness (QED) is 0.833. The van der Waals surface area contributed by atoms with Crippen LogP contribution in [0.3, 0.4) is 0 Å². The molecule has 0 aromatic carbocycles. The van der Waals surface area contributed by atoms with Crippen molar-refractivity contribution >= 4 is 36.4 Å². The highest BCUT2D eigenvalue weighted by Gasteiger charge is 2.35. The Morgan fingerprint density at radius 2 is 1.93 bits per heavy atom. The second-order valence-corrected chi connectivity index (χ2v) is 7.33. The van der Waals surface area contributed by atoms with E-state index in [0.29, 0.717) is 18.4 Å². The molecule has 27 heavy (non-hydrogen) atoms. The van der Waals surface area contributed by atoms with Crippen molar-refractivity contribution in [3.8, 4) is 0 Å². The number of rotatable bonds is 4. The first-order chi connectivity index (χ1) is 12.2. The third-order valence-electron chi connectivity index (χ3n) is 5.76. The van der Waals surface area contributed by atoms with Gasteiger partial charge in [-0.25, -0.2) is 4.98 Å². The maximum atomic E-state index is 12.8. The Kier molecular flexibility index (Phi) is 7.91. The molecule has 1 aliphatic carbocycles. The predicted molar refractivity (Wildman–Crippen MR) is 111 cm³/mol. The van der Waals surface area contributed by atoms with Crippen molar-refractivity contribution in [3.63, 3.8) is 0 Å². The minimum Gasteiger partial charge on any atom is -0.340 e. The van der Waals surface area contributed by atoms with Crippen molar-refractivity contribution in [1.82, 2.24) is 19.2 Å². The van der Waals surface area contributed by atoms with Gasteiger partial charge in [-0.2, -0.15) is 0 Å². The Hall–Kier alpha value is -1.34. The van der Waals surface area contributed by atoms with Crippen LogP contribution in [-0.4, -0.2) is 57.8 Å². The average Bonchev–Trinajstić information content (AvgIpc) is 3.27. The Morgan fingerprint density at radius 1 is 1.15 bits per heavy atom. The summed E-state index contributed by atoms with van der Waals surface area (Å²) >= 11 is 0. The number of amides is 1. The zero-order valence-corrected chi connectivity index (χ0v) is 17.1. The number of hydrogen-bond acceptors (Lipinski definition) is 4. The molecule has 2 atom stereocenters. The van der Waals surface area contributed by atoms with Crippen LogP contribution >= 0.6 is 24.8 Å². The molecule has 1 amide bonds. The van der Waals surface area contributed by atoms with Gasteiger partial charge >= 0.3 is 0 Å². The number of piperazine rings is 1. The van der Waals surface area contributed by atoms with Crippen LogP contribution in [0.15, 0.2) is 30.6 Å². The third-order valence-corrected chi connectivity index (χ3v) is 5.76. The van der Waals surface area contributed by atoms with Crippen LogP contribution in [-0.2, 0) is 11.3 Å². The number of nitrogens with two attached hydrogens (primary N) is 1. The molecule has 2 aliphatic rings. The van der Waals surface area contributed by atoms with Crippen LogP contribution in [0.25, 0.3) is 5.65 Å². The van der Waals surface area contributed by atoms with Crippen molar-refractivity contribution in [3.05, 3.63) is 36.3 Å². The molecule has 3 heterocycles. The van der Waals surface area contributed by atoms with Crippen LogP contribution in [0, 0.1) is 11.8 Å². The number of aromatic nitrogens is 2. The first-order valence-corrected chi connectivity index (χ1v) is 9.38. The largest absolute Gasteiger partial charge is 0.340 e. The van der Waals surface area contributed by atoms with E-state index < -0.39 is 0 Å². The first-order valence-electron chi connectivity index (χ1n) is 9.38. The number of carbonyl (C=O) groups excluding carboxylic acids is 1. The van der Waals surface area contributed by atoms with Gasteiger partial charge in [0.2, 0.25) is 5.91 Å². The molecule has 0 spiro atoms. The molecule has 0 unspecified atom stereocenters. The van der Waals surface area contributed by atoms with Crippen molar-refractivity contribution < 1.29 is 4.79 Å². The Balaban J connectivity index is 0.00000131. The van der Waals surface area contributed by atoms with Gasteiger partial charge in [-0.1, -0.05) is 12.5 Å². The topological polar surface area (TPSA) is 66.9 Å². The standard InChI is InChI=1S/C19H27N5O.2ClH/c20-12-15-4-3-5-17(15)19(25)23-10-8-22(9-11-23)13-16-14-24-7-2-1-6-18(24)21-16;;/h1-2,6-7,14-15,17H,3-5,8-13,20H2;2*1H/t15-,17-;;/m1../s1. The Morgan fingerprint density at radius 3 is 2.63 bits per heavy atom. The van der Waals surface area contributed by atoms with Crippen LogP contribution in [0.5, 0.6) is 0 Å². The molecule has 150 valence electrons. The molecule has 0 bridgehead atoms. The summed E-state index contributed by atoms with van der Waals surface area (Å²) in [7, 11) is 0. The van der Waals surface area contributed by atoms with Crippen LogP contribution in [0.1, 0.15) is 25.0 Å². The highest BCUT2D eigenvalue weighted by molar-refractivity contribution is 5.85. The van der Waals surface area contributed by atoms with E-state index in [1.165, 1.54) is 0 Å². The number of carbonyl (C=O) groups is 1. The second-order valence-electron chi connectivity index (χ2n) is 7.33. The van der Waals surface area contributed by atoms with Crippen molar-refractivity contribution in [2.75, 3.05) is 32.7 Å². The molecule has 1 saturated heterocycles. The van der Waals surface area contributed by atoms with E-state index in [1.807, 2.05) is 24.4 Å². The monoisotopic (exact) mass is 413 g/mol. The highest BCUT2D eigenvalue weighted by Crippen LogP contribution is 2.32. The van der Waals surface area contributed by atoms with Gasteiger partial charge in [0.15, 0.2) is 0 Å². The summed E-state index contributed by atoms with van der Waals surface area (Å²) < 4.78 is 2.06. The van der Waals surface area contributed by atoms with E-state index >= 15 is 0 Å². The van der Waals surface area contributed by atoms with Gasteiger partial charge in [-0.15, -0.1) is 24.8 Å². The fraction of sp³-hybridized carbons (Fsp3) is 0.579. The van der Waals surface area contributed by atoms with E-state index in [4.69, 9.17) is 5.73 Å². The van der Waals surface area contributed by atoms with Crippen molar-refractivity contribution in [2.24, 2.45) is 17.6 Å². The maximum Gasteiger partial charge on any atom is 0.226 e. The zero-order chi connectivity index (χ0) is 17.2. The smallest absolute Gasteiger partial charge is 0.226 e. The fourth-order valence-corrected chi connectivity index (χ4v) is 4.30. The van der Waals surface area contributed by atoms with E-state index in [-0.39, 0.29) is 30.7 Å². The van der Waals surface area contributed by atoms with E-state index in [2.05, 4.69) is 25.4 Å². The lowest BCUT2D eigenvalue weighted by Gasteiger charge is -2.36. The van der Waals surface area contributed by atoms with E-state index in [0.717, 1.165) is 63.3 Å². The summed E-state index contributed by atoms with van der Waals surface area (Å²) in [6.07, 6.45) is 7.39. The molecule has 2 aromatic rings. The number of pyridine rings is 1. The maximum absolute atomic E-state index is 12.8. The van der Waals surface area contributed by atoms with Gasteiger partial charge in [-0.05, 0) is 37.4 Å². The molecular weight excluding hydrogens is 385 g/mol. The molecular formula is C19H29Cl2N5O. The summed E-state index contributed by atoms with van der Waals surface area (Å²) in [6, 6.07) is 6.05. The molecule has 2 fully saturated rings. The molecule has 2 aromatic heterocycles. The number of hydrogen-bond donors (Lipinski definition) is 1. The van der Waals surface area contributed by atoms with Gasteiger partial charge in [0.05, 0.1) is 5.69 Å². The van der Waals surface area contributed by atoms with Crippen LogP contribution in [0.4, 0.5) is 0 Å². The summed E-state index contributed by atoms with van der Waals surface area (Å²) in [6.45, 7) is 4.96. The summed E-state index contributed by atoms with van der Waals surface area (Å²) in [5, 5.41) is 0. The first kappa shape index (κ1) is 22.0. The minimum atomic E-state index is 0. The van der Waals surface area contributed by atoms with Gasteiger partial charge < -0.3 is 15.0 Å². The Bertz CT molecular complexity index is 712. The second kappa shape index (κ2) is 9.73. The average molecular weight is 414 g/mol. The predicted octanol–water partition coefficient (Wildman–Crippen LogP) is 2.20. The van der Waals surface area contributed by atoms with Crippen molar-refractivity contribution in [2.45, 2.75) is 25.8 Å². The van der Waals surface area contributed by atoms with Crippen LogP contribution in [0.2, 0.25) is 0 Å². The van der Waals surface area contributed by atoms with Gasteiger partial charge in [0.1, 0.15) is 5.65 Å². The number of fused-ring (bicyclic) bond motifs is 1. The Labute approximate surface area is 172 Å². The molecule has 6 nitrogen and oxygen atoms in total. The molecule has 2 N–H and O–H groups in total. The lowest BCUT2D eigenvalue weighted by atomic mass is 9.94. The molecule has 4 rings (SSSR count). The number of halogens is 2. The van der Waals surface area contributed by atoms with Gasteiger partial charge in [0.25, 0.3) is 0 Å². The fourth-order valence-electron chi connectivity index (χ4n) is 4.30. The summed E-state index contributed by atoms with van der Waals surface area (Å²) in [4.78, 5) is 21.9. The van der Waals surface area contributed by atoms with Gasteiger partial charge in [0, 0.05) is 51.0 Å².